The van der Waals surface area contributed by atoms with Gasteiger partial charge in [-0.2, -0.15) is 4.98 Å². The van der Waals surface area contributed by atoms with Crippen molar-refractivity contribution in [1.82, 2.24) is 15.0 Å². The lowest BCUT2D eigenvalue weighted by atomic mass is 10.1. The van der Waals surface area contributed by atoms with E-state index in [0.29, 0.717) is 51.5 Å². The first-order valence-electron chi connectivity index (χ1n) is 11.1. The fourth-order valence-corrected chi connectivity index (χ4v) is 4.92. The minimum Gasteiger partial charge on any atom is -0.441 e. The zero-order valence-corrected chi connectivity index (χ0v) is 20.0. The fraction of sp³-hybridized carbons (Fsp3) is 0.240. The second kappa shape index (κ2) is 11.2. The molecule has 0 saturated heterocycles. The molecule has 1 aliphatic heterocycles. The van der Waals surface area contributed by atoms with E-state index in [4.69, 9.17) is 15.3 Å². The number of nitrogens with one attached hydrogen (secondary N) is 1. The average molecular weight is 494 g/mol. The number of aliphatic hydroxyl groups excluding tert-OH is 2. The molecule has 0 amide bonds. The molecule has 0 fully saturated rings. The first-order chi connectivity index (χ1) is 16.9. The molecule has 2 aromatic carbocycles. The number of nitrogens with zero attached hydrogens (tertiary/aromatic N) is 3. The van der Waals surface area contributed by atoms with Gasteiger partial charge in [0.2, 0.25) is 11.8 Å². The van der Waals surface area contributed by atoms with Crippen molar-refractivity contribution in [1.29, 1.82) is 0 Å². The van der Waals surface area contributed by atoms with Crippen LogP contribution in [-0.4, -0.2) is 41.7 Å². The first-order valence-corrected chi connectivity index (χ1v) is 12.4. The Morgan fingerprint density at radius 3 is 2.66 bits per heavy atom. The highest BCUT2D eigenvalue weighted by molar-refractivity contribution is 7.85. The minimum atomic E-state index is -1.07. The molecule has 5 N–H and O–H groups in total. The lowest BCUT2D eigenvalue weighted by molar-refractivity contribution is 0.169. The molecule has 3 heterocycles. The average Bonchev–Trinajstić information content (AvgIpc) is 3.29. The highest BCUT2D eigenvalue weighted by Gasteiger charge is 2.23. The van der Waals surface area contributed by atoms with E-state index in [0.717, 1.165) is 6.42 Å². The lowest BCUT2D eigenvalue weighted by Gasteiger charge is -2.21. The van der Waals surface area contributed by atoms with Crippen molar-refractivity contribution in [2.45, 2.75) is 30.8 Å². The van der Waals surface area contributed by atoms with Gasteiger partial charge in [0.15, 0.2) is 0 Å². The predicted molar refractivity (Wildman–Crippen MR) is 134 cm³/mol. The summed E-state index contributed by atoms with van der Waals surface area (Å²) in [7, 11) is -1.07. The Labute approximate surface area is 205 Å². The number of oxazole rings is 1. The Morgan fingerprint density at radius 2 is 1.97 bits per heavy atom. The van der Waals surface area contributed by atoms with Crippen molar-refractivity contribution in [2.24, 2.45) is 0 Å². The van der Waals surface area contributed by atoms with Gasteiger partial charge in [0.05, 0.1) is 28.7 Å². The second-order valence-corrected chi connectivity index (χ2v) is 9.50. The van der Waals surface area contributed by atoms with Crippen LogP contribution in [0.25, 0.3) is 11.5 Å². The van der Waals surface area contributed by atoms with E-state index in [2.05, 4.69) is 20.3 Å². The number of nitrogen functional groups attached to an aromatic ring is 1. The third-order valence-corrected chi connectivity index (χ3v) is 6.83. The Hall–Kier alpha value is -3.60. The third-order valence-electron chi connectivity index (χ3n) is 5.36. The van der Waals surface area contributed by atoms with Gasteiger partial charge in [-0.1, -0.05) is 30.3 Å². The Bertz CT molecular complexity index is 1310. The van der Waals surface area contributed by atoms with Crippen LogP contribution in [0.1, 0.15) is 29.4 Å². The van der Waals surface area contributed by atoms with Gasteiger partial charge >= 0.3 is 0 Å². The summed E-state index contributed by atoms with van der Waals surface area (Å²) in [4.78, 5) is 13.3. The van der Waals surface area contributed by atoms with Crippen molar-refractivity contribution in [3.05, 3.63) is 77.8 Å². The number of aryl methyl sites for hydroxylation is 1. The van der Waals surface area contributed by atoms with E-state index in [-0.39, 0.29) is 12.4 Å². The smallest absolute Gasteiger partial charge is 0.231 e. The summed E-state index contributed by atoms with van der Waals surface area (Å²) >= 11 is 0. The maximum absolute atomic E-state index is 12.0. The fourth-order valence-electron chi connectivity index (χ4n) is 3.58. The maximum Gasteiger partial charge on any atom is 0.231 e. The predicted octanol–water partition coefficient (Wildman–Crippen LogP) is 3.53. The first kappa shape index (κ1) is 24.5. The summed E-state index contributed by atoms with van der Waals surface area (Å²) in [6.07, 6.45) is 3.77. The molecule has 4 aromatic rings. The van der Waals surface area contributed by atoms with Crippen LogP contribution in [0.2, 0.25) is 0 Å². The number of anilines is 3. The van der Waals surface area contributed by atoms with Crippen LogP contribution in [0.15, 0.2) is 70.2 Å². The topological polar surface area (TPSA) is 147 Å². The molecule has 0 saturated carbocycles. The minimum absolute atomic E-state index is 0.239. The van der Waals surface area contributed by atoms with Crippen molar-refractivity contribution in [3.63, 3.8) is 0 Å². The number of fused-ring (bicyclic) bond motifs is 1. The molecular weight excluding hydrogens is 466 g/mol. The Morgan fingerprint density at radius 1 is 1.17 bits per heavy atom. The summed E-state index contributed by atoms with van der Waals surface area (Å²) in [5.41, 5.74) is 9.05. The molecule has 5 rings (SSSR count). The number of aliphatic hydroxyl groups is 2. The molecular formula is C25H27N5O4S. The van der Waals surface area contributed by atoms with Crippen molar-refractivity contribution in [2.75, 3.05) is 23.4 Å². The molecule has 2 unspecified atom stereocenters. The van der Waals surface area contributed by atoms with Crippen LogP contribution in [-0.2, 0) is 17.2 Å². The van der Waals surface area contributed by atoms with E-state index in [1.165, 1.54) is 11.8 Å². The highest BCUT2D eigenvalue weighted by atomic mass is 32.2. The third kappa shape index (κ3) is 6.10. The van der Waals surface area contributed by atoms with E-state index < -0.39 is 16.9 Å². The normalized spacial score (nSPS) is 16.7. The highest BCUT2D eigenvalue weighted by Crippen LogP contribution is 2.33. The summed E-state index contributed by atoms with van der Waals surface area (Å²) in [5.74, 6) is 2.06. The number of aromatic nitrogens is 3. The molecule has 2 aromatic heterocycles. The zero-order valence-electron chi connectivity index (χ0n) is 19.2. The Balaban J connectivity index is 0.000000271. The SMILES string of the molecule is Cc1cnc(-c2cnc(Nc3ccc4c(c3)C(O)CCS4=O)nc2N)o1.OCCc1ccccc1. The molecule has 182 valence electrons. The summed E-state index contributed by atoms with van der Waals surface area (Å²) in [6.45, 7) is 2.03. The largest absolute Gasteiger partial charge is 0.441 e. The van der Waals surface area contributed by atoms with Crippen molar-refractivity contribution >= 4 is 28.3 Å². The summed E-state index contributed by atoms with van der Waals surface area (Å²) in [6, 6.07) is 15.2. The van der Waals surface area contributed by atoms with Gasteiger partial charge in [-0.15, -0.1) is 0 Å². The van der Waals surface area contributed by atoms with E-state index in [1.54, 1.807) is 31.3 Å². The van der Waals surface area contributed by atoms with Crippen molar-refractivity contribution in [3.8, 4) is 11.5 Å². The van der Waals surface area contributed by atoms with E-state index in [9.17, 15) is 9.32 Å². The van der Waals surface area contributed by atoms with Gasteiger partial charge in [0.1, 0.15) is 11.6 Å². The van der Waals surface area contributed by atoms with Gasteiger partial charge in [0, 0.05) is 29.1 Å². The second-order valence-electron chi connectivity index (χ2n) is 7.96. The van der Waals surface area contributed by atoms with Crippen LogP contribution in [0.3, 0.4) is 0 Å². The molecule has 0 radical (unpaired) electrons. The molecule has 2 atom stereocenters. The van der Waals surface area contributed by atoms with Gasteiger partial charge < -0.3 is 25.7 Å². The molecule has 0 spiro atoms. The molecule has 0 bridgehead atoms. The lowest BCUT2D eigenvalue weighted by Crippen LogP contribution is -2.15. The number of rotatable bonds is 5. The number of hydrogen-bond donors (Lipinski definition) is 4. The van der Waals surface area contributed by atoms with Crippen LogP contribution in [0, 0.1) is 6.92 Å². The molecule has 0 aliphatic carbocycles. The summed E-state index contributed by atoms with van der Waals surface area (Å²) in [5, 5.41) is 21.7. The van der Waals surface area contributed by atoms with Crippen molar-refractivity contribution < 1.29 is 18.8 Å². The standard InChI is InChI=1S/C17H17N5O3S.C8H10O/c1-9-7-19-16(25-9)12-8-20-17(22-15(12)18)21-10-2-3-14-11(6-10)13(23)4-5-26(14)24;9-7-6-8-4-2-1-3-5-8/h2-3,6-8,13,23H,4-5H2,1H3,(H3,18,20,21,22);1-5,9H,6-7H2. The van der Waals surface area contributed by atoms with Crippen LogP contribution >= 0.6 is 0 Å². The number of nitrogens with two attached hydrogens (primary N) is 1. The number of hydrogen-bond acceptors (Lipinski definition) is 9. The summed E-state index contributed by atoms with van der Waals surface area (Å²) < 4.78 is 17.5. The molecule has 35 heavy (non-hydrogen) atoms. The molecule has 10 heteroatoms. The maximum atomic E-state index is 12.0. The van der Waals surface area contributed by atoms with Crippen LogP contribution < -0.4 is 11.1 Å². The molecule has 1 aliphatic rings. The number of benzene rings is 2. The zero-order chi connectivity index (χ0) is 24.8. The Kier molecular flexibility index (Phi) is 7.86. The monoisotopic (exact) mass is 493 g/mol. The van der Waals surface area contributed by atoms with Gasteiger partial charge in [0.25, 0.3) is 0 Å². The van der Waals surface area contributed by atoms with Gasteiger partial charge in [-0.05, 0) is 49.1 Å². The van der Waals surface area contributed by atoms with E-state index >= 15 is 0 Å². The molecule has 9 nitrogen and oxygen atoms in total. The van der Waals surface area contributed by atoms with Gasteiger partial charge in [-0.3, -0.25) is 4.21 Å². The van der Waals surface area contributed by atoms with E-state index in [1.807, 2.05) is 30.3 Å². The van der Waals surface area contributed by atoms with Crippen LogP contribution in [0.5, 0.6) is 0 Å². The van der Waals surface area contributed by atoms with Gasteiger partial charge in [-0.25, -0.2) is 9.97 Å². The quantitative estimate of drug-likeness (QED) is 0.328. The van der Waals surface area contributed by atoms with Crippen LogP contribution in [0.4, 0.5) is 17.5 Å².